The number of carbonyl (C=O) groups excluding carboxylic acids is 3. The molecule has 7 heteroatoms. The van der Waals surface area contributed by atoms with E-state index in [-0.39, 0.29) is 23.7 Å². The molecular weight excluding hydrogens is 358 g/mol. The van der Waals surface area contributed by atoms with E-state index in [0.29, 0.717) is 49.4 Å². The van der Waals surface area contributed by atoms with Gasteiger partial charge in [-0.2, -0.15) is 0 Å². The van der Waals surface area contributed by atoms with Crippen molar-refractivity contribution in [3.8, 4) is 0 Å². The number of carbonyl (C=O) groups is 3. The molecule has 1 saturated heterocycles. The molecule has 1 aromatic carbocycles. The second kappa shape index (κ2) is 9.12. The molecule has 1 aromatic heterocycles. The van der Waals surface area contributed by atoms with Gasteiger partial charge in [0.25, 0.3) is 11.8 Å². The number of likely N-dealkylation sites (tertiary alicyclic amines) is 1. The molecule has 0 bridgehead atoms. The van der Waals surface area contributed by atoms with Crippen LogP contribution >= 0.6 is 0 Å². The zero-order valence-electron chi connectivity index (χ0n) is 15.8. The lowest BCUT2D eigenvalue weighted by Gasteiger charge is -2.31. The molecule has 0 radical (unpaired) electrons. The number of hydrogen-bond donors (Lipinski definition) is 1. The minimum absolute atomic E-state index is 0.111. The van der Waals surface area contributed by atoms with Crippen molar-refractivity contribution < 1.29 is 19.1 Å². The molecule has 7 nitrogen and oxygen atoms in total. The van der Waals surface area contributed by atoms with E-state index in [0.717, 1.165) is 0 Å². The Morgan fingerprint density at radius 3 is 2.57 bits per heavy atom. The maximum absolute atomic E-state index is 12.8. The fourth-order valence-electron chi connectivity index (χ4n) is 3.19. The molecule has 0 aliphatic carbocycles. The molecule has 2 amide bonds. The standard InChI is InChI=1S/C21H23N3O4/c1-2-28-21(27)15-8-11-24(12-9-15)20(26)16-5-3-7-18(13-16)23-19(25)17-6-4-10-22-14-17/h3-7,10,13-15H,2,8-9,11-12H2,1H3,(H,23,25). The molecule has 1 aliphatic heterocycles. The van der Waals surface area contributed by atoms with E-state index in [9.17, 15) is 14.4 Å². The fraction of sp³-hybridized carbons (Fsp3) is 0.333. The van der Waals surface area contributed by atoms with Gasteiger partial charge in [0, 0.05) is 36.7 Å². The summed E-state index contributed by atoms with van der Waals surface area (Å²) in [6.07, 6.45) is 4.28. The van der Waals surface area contributed by atoms with Gasteiger partial charge in [-0.05, 0) is 50.1 Å². The Morgan fingerprint density at radius 1 is 1.14 bits per heavy atom. The lowest BCUT2D eigenvalue weighted by atomic mass is 9.96. The first-order valence-corrected chi connectivity index (χ1v) is 9.36. The lowest BCUT2D eigenvalue weighted by molar-refractivity contribution is -0.149. The summed E-state index contributed by atoms with van der Waals surface area (Å²) >= 11 is 0. The predicted octanol–water partition coefficient (Wildman–Crippen LogP) is 2.75. The number of pyridine rings is 1. The zero-order valence-corrected chi connectivity index (χ0v) is 15.8. The van der Waals surface area contributed by atoms with Gasteiger partial charge in [0.2, 0.25) is 0 Å². The Hall–Kier alpha value is -3.22. The van der Waals surface area contributed by atoms with Crippen molar-refractivity contribution in [2.75, 3.05) is 25.0 Å². The van der Waals surface area contributed by atoms with Crippen molar-refractivity contribution in [3.05, 3.63) is 59.9 Å². The van der Waals surface area contributed by atoms with Crippen molar-refractivity contribution in [2.45, 2.75) is 19.8 Å². The van der Waals surface area contributed by atoms with Gasteiger partial charge >= 0.3 is 5.97 Å². The van der Waals surface area contributed by atoms with Gasteiger partial charge < -0.3 is 15.0 Å². The quantitative estimate of drug-likeness (QED) is 0.805. The number of anilines is 1. The predicted molar refractivity (Wildman–Crippen MR) is 104 cm³/mol. The van der Waals surface area contributed by atoms with Crippen molar-refractivity contribution in [2.24, 2.45) is 5.92 Å². The number of amides is 2. The Labute approximate surface area is 163 Å². The van der Waals surface area contributed by atoms with Gasteiger partial charge in [-0.3, -0.25) is 19.4 Å². The van der Waals surface area contributed by atoms with E-state index in [2.05, 4.69) is 10.3 Å². The van der Waals surface area contributed by atoms with Gasteiger partial charge in [0.1, 0.15) is 0 Å². The highest BCUT2D eigenvalue weighted by atomic mass is 16.5. The first kappa shape index (κ1) is 19.5. The highest BCUT2D eigenvalue weighted by molar-refractivity contribution is 6.05. The summed E-state index contributed by atoms with van der Waals surface area (Å²) in [5.41, 5.74) is 1.49. The maximum atomic E-state index is 12.8. The Morgan fingerprint density at radius 2 is 1.89 bits per heavy atom. The molecule has 1 aliphatic rings. The Balaban J connectivity index is 1.61. The highest BCUT2D eigenvalue weighted by Crippen LogP contribution is 2.21. The number of esters is 1. The molecule has 0 atom stereocenters. The molecule has 2 aromatic rings. The SMILES string of the molecule is CCOC(=O)C1CCN(C(=O)c2cccc(NC(=O)c3cccnc3)c2)CC1. The summed E-state index contributed by atoms with van der Waals surface area (Å²) in [7, 11) is 0. The summed E-state index contributed by atoms with van der Waals surface area (Å²) < 4.78 is 5.06. The second-order valence-electron chi connectivity index (χ2n) is 6.60. The molecular formula is C21H23N3O4. The van der Waals surface area contributed by atoms with E-state index in [1.807, 2.05) is 0 Å². The summed E-state index contributed by atoms with van der Waals surface area (Å²) in [4.78, 5) is 42.6. The van der Waals surface area contributed by atoms with Crippen molar-refractivity contribution in [1.82, 2.24) is 9.88 Å². The molecule has 146 valence electrons. The van der Waals surface area contributed by atoms with Crippen molar-refractivity contribution >= 4 is 23.5 Å². The summed E-state index contributed by atoms with van der Waals surface area (Å²) in [6.45, 7) is 3.18. The van der Waals surface area contributed by atoms with Crippen LogP contribution in [0.2, 0.25) is 0 Å². The number of ether oxygens (including phenoxy) is 1. The third-order valence-corrected chi connectivity index (χ3v) is 4.69. The smallest absolute Gasteiger partial charge is 0.309 e. The van der Waals surface area contributed by atoms with Crippen LogP contribution in [0.4, 0.5) is 5.69 Å². The number of hydrogen-bond acceptors (Lipinski definition) is 5. The van der Waals surface area contributed by atoms with Crippen LogP contribution in [0.1, 0.15) is 40.5 Å². The van der Waals surface area contributed by atoms with Crippen LogP contribution in [0.15, 0.2) is 48.8 Å². The number of piperidine rings is 1. The van der Waals surface area contributed by atoms with E-state index < -0.39 is 0 Å². The number of aromatic nitrogens is 1. The lowest BCUT2D eigenvalue weighted by Crippen LogP contribution is -2.40. The van der Waals surface area contributed by atoms with Crippen LogP contribution in [0.25, 0.3) is 0 Å². The largest absolute Gasteiger partial charge is 0.466 e. The van der Waals surface area contributed by atoms with Crippen LogP contribution in [-0.2, 0) is 9.53 Å². The third kappa shape index (κ3) is 4.73. The topological polar surface area (TPSA) is 88.6 Å². The Kier molecular flexibility index (Phi) is 6.37. The van der Waals surface area contributed by atoms with Crippen LogP contribution < -0.4 is 5.32 Å². The minimum atomic E-state index is -0.284. The Bertz CT molecular complexity index is 846. The summed E-state index contributed by atoms with van der Waals surface area (Å²) in [6, 6.07) is 10.2. The van der Waals surface area contributed by atoms with Crippen LogP contribution in [0, 0.1) is 5.92 Å². The minimum Gasteiger partial charge on any atom is -0.466 e. The molecule has 0 unspecified atom stereocenters. The number of benzene rings is 1. The van der Waals surface area contributed by atoms with E-state index in [1.54, 1.807) is 54.4 Å². The van der Waals surface area contributed by atoms with Crippen LogP contribution in [0.5, 0.6) is 0 Å². The van der Waals surface area contributed by atoms with E-state index in [1.165, 1.54) is 6.20 Å². The first-order chi connectivity index (χ1) is 13.6. The van der Waals surface area contributed by atoms with Gasteiger partial charge in [0.05, 0.1) is 18.1 Å². The van der Waals surface area contributed by atoms with Crippen molar-refractivity contribution in [3.63, 3.8) is 0 Å². The second-order valence-corrected chi connectivity index (χ2v) is 6.60. The van der Waals surface area contributed by atoms with E-state index >= 15 is 0 Å². The monoisotopic (exact) mass is 381 g/mol. The van der Waals surface area contributed by atoms with Gasteiger partial charge in [0.15, 0.2) is 0 Å². The van der Waals surface area contributed by atoms with E-state index in [4.69, 9.17) is 4.74 Å². The van der Waals surface area contributed by atoms with Crippen LogP contribution in [0.3, 0.4) is 0 Å². The highest BCUT2D eigenvalue weighted by Gasteiger charge is 2.28. The normalized spacial score (nSPS) is 14.4. The molecule has 0 saturated carbocycles. The maximum Gasteiger partial charge on any atom is 0.309 e. The van der Waals surface area contributed by atoms with Crippen LogP contribution in [-0.4, -0.2) is 47.4 Å². The third-order valence-electron chi connectivity index (χ3n) is 4.69. The van der Waals surface area contributed by atoms with Gasteiger partial charge in [-0.15, -0.1) is 0 Å². The number of rotatable bonds is 5. The molecule has 0 spiro atoms. The number of nitrogens with one attached hydrogen (secondary N) is 1. The molecule has 1 N–H and O–H groups in total. The fourth-order valence-corrected chi connectivity index (χ4v) is 3.19. The average molecular weight is 381 g/mol. The zero-order chi connectivity index (χ0) is 19.9. The summed E-state index contributed by atoms with van der Waals surface area (Å²) in [5.74, 6) is -0.725. The number of nitrogens with zero attached hydrogens (tertiary/aromatic N) is 2. The summed E-state index contributed by atoms with van der Waals surface area (Å²) in [5, 5.41) is 2.78. The molecule has 1 fully saturated rings. The average Bonchev–Trinajstić information content (AvgIpc) is 2.74. The van der Waals surface area contributed by atoms with Gasteiger partial charge in [-0.25, -0.2) is 0 Å². The molecule has 2 heterocycles. The van der Waals surface area contributed by atoms with Crippen molar-refractivity contribution in [1.29, 1.82) is 0 Å². The molecule has 28 heavy (non-hydrogen) atoms. The first-order valence-electron chi connectivity index (χ1n) is 9.36. The molecule has 3 rings (SSSR count). The van der Waals surface area contributed by atoms with Gasteiger partial charge in [-0.1, -0.05) is 6.07 Å².